The molecule has 4 aliphatic carbocycles. The molecule has 1 aliphatic heterocycles. The number of hydrogen-bond donors (Lipinski definition) is 1. The van der Waals surface area contributed by atoms with Crippen molar-refractivity contribution < 1.29 is 14.6 Å². The van der Waals surface area contributed by atoms with Gasteiger partial charge < -0.3 is 14.6 Å². The number of nitrogens with zero attached hydrogens (tertiary/aromatic N) is 1. The Bertz CT molecular complexity index is 392. The van der Waals surface area contributed by atoms with Crippen LogP contribution in [0.25, 0.3) is 0 Å². The monoisotopic (exact) mass is 387 g/mol. The van der Waals surface area contributed by atoms with Crippen LogP contribution in [0.3, 0.4) is 0 Å². The van der Waals surface area contributed by atoms with E-state index >= 15 is 0 Å². The molecule has 5 fully saturated rings. The van der Waals surface area contributed by atoms with Crippen LogP contribution < -0.4 is 0 Å². The average Bonchev–Trinajstić information content (AvgIpc) is 2.57. The first kappa shape index (κ1) is 20.9. The Labute approximate surface area is 165 Å². The van der Waals surface area contributed by atoms with Gasteiger partial charge in [0.2, 0.25) is 0 Å². The molecule has 0 aromatic heterocycles. The highest BCUT2D eigenvalue weighted by atomic mass is 35.5. The third-order valence-electron chi connectivity index (χ3n) is 7.29. The summed E-state index contributed by atoms with van der Waals surface area (Å²) >= 11 is 0. The van der Waals surface area contributed by atoms with Crippen LogP contribution in [0.15, 0.2) is 0 Å². The van der Waals surface area contributed by atoms with E-state index in [-0.39, 0.29) is 18.5 Å². The molecule has 4 nitrogen and oxygen atoms in total. The topological polar surface area (TPSA) is 41.9 Å². The van der Waals surface area contributed by atoms with Gasteiger partial charge in [0.15, 0.2) is 0 Å². The molecular weight excluding hydrogens is 350 g/mol. The minimum Gasteiger partial charge on any atom is -0.389 e. The van der Waals surface area contributed by atoms with Crippen molar-refractivity contribution in [2.24, 2.45) is 23.2 Å². The van der Waals surface area contributed by atoms with Crippen LogP contribution in [0.1, 0.15) is 57.8 Å². The Hall–Kier alpha value is 0.130. The van der Waals surface area contributed by atoms with Crippen molar-refractivity contribution in [1.29, 1.82) is 0 Å². The smallest absolute Gasteiger partial charge is 0.0900 e. The Balaban J connectivity index is 0.00000196. The molecule has 5 aliphatic rings. The first-order chi connectivity index (χ1) is 12.2. The molecular formula is C21H38ClNO3. The second-order valence-electron chi connectivity index (χ2n) is 9.52. The van der Waals surface area contributed by atoms with Crippen molar-refractivity contribution in [2.75, 3.05) is 46.1 Å². The molecule has 1 atom stereocenters. The van der Waals surface area contributed by atoms with Gasteiger partial charge in [0, 0.05) is 26.2 Å². The standard InChI is InChI=1S/C21H37NO3.ClH/c23-20(15-22-4-7-24-8-5-22)16-25-6-2-1-3-21-12-17-9-18(13-21)11-19(10-17)14-21;/h17-20,23H,1-16H2;1H. The zero-order chi connectivity index (χ0) is 17.1. The van der Waals surface area contributed by atoms with Crippen LogP contribution in [-0.4, -0.2) is 62.2 Å². The summed E-state index contributed by atoms with van der Waals surface area (Å²) in [5, 5.41) is 10.1. The van der Waals surface area contributed by atoms with E-state index in [4.69, 9.17) is 9.47 Å². The summed E-state index contributed by atoms with van der Waals surface area (Å²) in [7, 11) is 0. The summed E-state index contributed by atoms with van der Waals surface area (Å²) in [6.07, 6.45) is 12.7. The van der Waals surface area contributed by atoms with E-state index in [1.165, 1.54) is 32.1 Å². The van der Waals surface area contributed by atoms with Gasteiger partial charge in [-0.15, -0.1) is 12.4 Å². The number of hydrogen-bond acceptors (Lipinski definition) is 4. The van der Waals surface area contributed by atoms with Crippen LogP contribution in [0.4, 0.5) is 0 Å². The lowest BCUT2D eigenvalue weighted by Gasteiger charge is -2.57. The quantitative estimate of drug-likeness (QED) is 0.615. The molecule has 0 spiro atoms. The molecule has 5 heteroatoms. The Kier molecular flexibility index (Phi) is 7.66. The molecule has 4 saturated carbocycles. The number of unbranched alkanes of at least 4 members (excludes halogenated alkanes) is 1. The molecule has 0 aromatic rings. The van der Waals surface area contributed by atoms with E-state index in [2.05, 4.69) is 4.90 Å². The molecule has 1 saturated heterocycles. The summed E-state index contributed by atoms with van der Waals surface area (Å²) < 4.78 is 11.1. The maximum absolute atomic E-state index is 10.1. The normalized spacial score (nSPS) is 37.5. The molecule has 5 rings (SSSR count). The van der Waals surface area contributed by atoms with Crippen molar-refractivity contribution >= 4 is 12.4 Å². The fraction of sp³-hybridized carbons (Fsp3) is 1.00. The number of halogens is 1. The lowest BCUT2D eigenvalue weighted by Crippen LogP contribution is -2.45. The van der Waals surface area contributed by atoms with Gasteiger partial charge in [0.1, 0.15) is 0 Å². The third-order valence-corrected chi connectivity index (χ3v) is 7.29. The second-order valence-corrected chi connectivity index (χ2v) is 9.52. The largest absolute Gasteiger partial charge is 0.389 e. The molecule has 152 valence electrons. The molecule has 0 radical (unpaired) electrons. The van der Waals surface area contributed by atoms with Gasteiger partial charge in [-0.25, -0.2) is 0 Å². The maximum Gasteiger partial charge on any atom is 0.0900 e. The maximum atomic E-state index is 10.1. The number of aliphatic hydroxyl groups excluding tert-OH is 1. The summed E-state index contributed by atoms with van der Waals surface area (Å²) in [6, 6.07) is 0. The Morgan fingerprint density at radius 1 is 1.00 bits per heavy atom. The highest BCUT2D eigenvalue weighted by molar-refractivity contribution is 5.85. The van der Waals surface area contributed by atoms with Gasteiger partial charge in [-0.3, -0.25) is 4.90 Å². The molecule has 0 amide bonds. The van der Waals surface area contributed by atoms with Crippen molar-refractivity contribution in [3.63, 3.8) is 0 Å². The Morgan fingerprint density at radius 2 is 1.62 bits per heavy atom. The Morgan fingerprint density at radius 3 is 2.23 bits per heavy atom. The molecule has 4 bridgehead atoms. The van der Waals surface area contributed by atoms with Crippen LogP contribution in [-0.2, 0) is 9.47 Å². The predicted octanol–water partition coefficient (Wildman–Crippen LogP) is 3.50. The first-order valence-electron chi connectivity index (χ1n) is 10.8. The van der Waals surface area contributed by atoms with Gasteiger partial charge in [-0.2, -0.15) is 0 Å². The zero-order valence-corrected chi connectivity index (χ0v) is 17.1. The van der Waals surface area contributed by atoms with Crippen molar-refractivity contribution in [2.45, 2.75) is 63.9 Å². The fourth-order valence-corrected chi connectivity index (χ4v) is 6.65. The lowest BCUT2D eigenvalue weighted by molar-refractivity contribution is -0.0595. The molecule has 1 unspecified atom stereocenters. The molecule has 26 heavy (non-hydrogen) atoms. The van der Waals surface area contributed by atoms with E-state index in [0.717, 1.165) is 63.6 Å². The highest BCUT2D eigenvalue weighted by Gasteiger charge is 2.50. The van der Waals surface area contributed by atoms with E-state index < -0.39 is 0 Å². The van der Waals surface area contributed by atoms with Crippen molar-refractivity contribution in [1.82, 2.24) is 4.90 Å². The first-order valence-corrected chi connectivity index (χ1v) is 10.8. The summed E-state index contributed by atoms with van der Waals surface area (Å²) in [4.78, 5) is 2.27. The van der Waals surface area contributed by atoms with E-state index in [1.807, 2.05) is 0 Å². The van der Waals surface area contributed by atoms with Gasteiger partial charge >= 0.3 is 0 Å². The third kappa shape index (κ3) is 5.35. The fourth-order valence-electron chi connectivity index (χ4n) is 6.65. The molecule has 1 N–H and O–H groups in total. The van der Waals surface area contributed by atoms with E-state index in [9.17, 15) is 5.11 Å². The zero-order valence-electron chi connectivity index (χ0n) is 16.2. The lowest BCUT2D eigenvalue weighted by atomic mass is 9.48. The number of ether oxygens (including phenoxy) is 2. The van der Waals surface area contributed by atoms with Gasteiger partial charge in [0.25, 0.3) is 0 Å². The average molecular weight is 388 g/mol. The summed E-state index contributed by atoms with van der Waals surface area (Å²) in [5.41, 5.74) is 0.713. The number of aliphatic hydroxyl groups is 1. The molecule has 0 aromatic carbocycles. The molecule has 1 heterocycles. The SMILES string of the molecule is Cl.OC(COCCCCC12CC3CC(CC(C3)C1)C2)CN1CCOCC1. The highest BCUT2D eigenvalue weighted by Crippen LogP contribution is 2.61. The minimum atomic E-state index is -0.360. The van der Waals surface area contributed by atoms with Gasteiger partial charge in [-0.05, 0) is 74.5 Å². The van der Waals surface area contributed by atoms with Gasteiger partial charge in [-0.1, -0.05) is 6.42 Å². The van der Waals surface area contributed by atoms with Crippen molar-refractivity contribution in [3.05, 3.63) is 0 Å². The summed E-state index contributed by atoms with van der Waals surface area (Å²) in [6.45, 7) is 5.46. The predicted molar refractivity (Wildman–Crippen MR) is 106 cm³/mol. The number of rotatable bonds is 9. The van der Waals surface area contributed by atoms with Crippen LogP contribution in [0, 0.1) is 23.2 Å². The van der Waals surface area contributed by atoms with E-state index in [0.29, 0.717) is 12.0 Å². The van der Waals surface area contributed by atoms with Crippen molar-refractivity contribution in [3.8, 4) is 0 Å². The van der Waals surface area contributed by atoms with E-state index in [1.54, 1.807) is 19.3 Å². The van der Waals surface area contributed by atoms with Gasteiger partial charge in [0.05, 0.1) is 25.9 Å². The minimum absolute atomic E-state index is 0. The second kappa shape index (κ2) is 9.56. The van der Waals surface area contributed by atoms with Crippen LogP contribution in [0.5, 0.6) is 0 Å². The summed E-state index contributed by atoms with van der Waals surface area (Å²) in [5.74, 6) is 3.20. The number of β-amino-alcohol motifs (C(OH)–C–C–N with tert-alkyl or cyclic N) is 1. The number of morpholine rings is 1. The van der Waals surface area contributed by atoms with Crippen LogP contribution in [0.2, 0.25) is 0 Å². The van der Waals surface area contributed by atoms with Crippen LogP contribution >= 0.6 is 12.4 Å².